The molecule has 0 aromatic rings. The number of esters is 2. The van der Waals surface area contributed by atoms with Gasteiger partial charge < -0.3 is 14.6 Å². The minimum Gasteiger partial charge on any atom is -0.481 e. The van der Waals surface area contributed by atoms with Gasteiger partial charge in [-0.05, 0) is 6.92 Å². The van der Waals surface area contributed by atoms with Gasteiger partial charge in [0.15, 0.2) is 0 Å². The molecule has 0 saturated carbocycles. The van der Waals surface area contributed by atoms with Crippen molar-refractivity contribution in [2.75, 3.05) is 6.61 Å². The predicted octanol–water partition coefficient (Wildman–Crippen LogP) is 0.885. The number of amides is 1. The van der Waals surface area contributed by atoms with Crippen molar-refractivity contribution < 1.29 is 33.8 Å². The lowest BCUT2D eigenvalue weighted by Crippen LogP contribution is -2.61. The lowest BCUT2D eigenvalue weighted by Gasteiger charge is -2.44. The Bertz CT molecular complexity index is 615. The molecule has 2 aliphatic rings. The minimum absolute atomic E-state index is 0.0502. The Labute approximate surface area is 142 Å². The fraction of sp³-hybridized carbons (Fsp3) is 0.467. The number of carbonyl (C=O) groups is 4. The Kier molecular flexibility index (Phi) is 5.66. The van der Waals surface area contributed by atoms with Crippen LogP contribution in [-0.2, 0) is 28.7 Å². The third-order valence-corrected chi connectivity index (χ3v) is 4.71. The SMILES string of the molecule is C=CCOC(=O)C1=CS[C@H]2[C@@H](C(C)OC(=O)CCC(=O)O)C(=O)N12. The number of rotatable bonds is 8. The Balaban J connectivity index is 1.89. The van der Waals surface area contributed by atoms with Gasteiger partial charge in [-0.25, -0.2) is 4.79 Å². The van der Waals surface area contributed by atoms with Crippen LogP contribution in [0, 0.1) is 5.92 Å². The topological polar surface area (TPSA) is 110 Å². The van der Waals surface area contributed by atoms with Gasteiger partial charge in [-0.15, -0.1) is 11.8 Å². The van der Waals surface area contributed by atoms with Crippen LogP contribution >= 0.6 is 11.8 Å². The van der Waals surface area contributed by atoms with Crippen molar-refractivity contribution in [3.05, 3.63) is 23.8 Å². The fourth-order valence-electron chi connectivity index (χ4n) is 2.41. The quantitative estimate of drug-likeness (QED) is 0.388. The third-order valence-electron chi connectivity index (χ3n) is 3.57. The highest BCUT2D eigenvalue weighted by molar-refractivity contribution is 8.03. The molecule has 130 valence electrons. The third kappa shape index (κ3) is 3.61. The zero-order valence-electron chi connectivity index (χ0n) is 13.0. The van der Waals surface area contributed by atoms with Gasteiger partial charge in [-0.2, -0.15) is 0 Å². The molecular weight excluding hydrogens is 338 g/mol. The van der Waals surface area contributed by atoms with Crippen molar-refractivity contribution in [3.63, 3.8) is 0 Å². The summed E-state index contributed by atoms with van der Waals surface area (Å²) in [5.41, 5.74) is 0.164. The maximum Gasteiger partial charge on any atom is 0.355 e. The van der Waals surface area contributed by atoms with E-state index in [0.29, 0.717) is 0 Å². The van der Waals surface area contributed by atoms with Gasteiger partial charge in [0.05, 0.1) is 12.8 Å². The number of carboxylic acids is 1. The van der Waals surface area contributed by atoms with Crippen molar-refractivity contribution in [1.29, 1.82) is 0 Å². The number of carboxylic acid groups (broad SMARTS) is 1. The normalized spacial score (nSPS) is 22.8. The summed E-state index contributed by atoms with van der Waals surface area (Å²) in [5.74, 6) is -3.28. The predicted molar refractivity (Wildman–Crippen MR) is 83.4 cm³/mol. The van der Waals surface area contributed by atoms with Crippen molar-refractivity contribution in [2.24, 2.45) is 5.92 Å². The number of hydrogen-bond donors (Lipinski definition) is 1. The van der Waals surface area contributed by atoms with E-state index >= 15 is 0 Å². The Morgan fingerprint density at radius 2 is 2.17 bits per heavy atom. The number of thioether (sulfide) groups is 1. The summed E-state index contributed by atoms with van der Waals surface area (Å²) in [6.07, 6.45) is 0.149. The van der Waals surface area contributed by atoms with E-state index in [9.17, 15) is 19.2 Å². The van der Waals surface area contributed by atoms with E-state index in [1.807, 2.05) is 0 Å². The Morgan fingerprint density at radius 1 is 1.46 bits per heavy atom. The van der Waals surface area contributed by atoms with E-state index in [1.54, 1.807) is 12.3 Å². The van der Waals surface area contributed by atoms with Crippen molar-refractivity contribution in [2.45, 2.75) is 31.2 Å². The fourth-order valence-corrected chi connectivity index (χ4v) is 3.74. The van der Waals surface area contributed by atoms with Crippen molar-refractivity contribution in [3.8, 4) is 0 Å². The van der Waals surface area contributed by atoms with Crippen LogP contribution in [0.25, 0.3) is 0 Å². The second kappa shape index (κ2) is 7.52. The Morgan fingerprint density at radius 3 is 2.79 bits per heavy atom. The molecule has 0 aromatic heterocycles. The molecule has 0 bridgehead atoms. The molecule has 8 nitrogen and oxygen atoms in total. The summed E-state index contributed by atoms with van der Waals surface area (Å²) in [7, 11) is 0. The summed E-state index contributed by atoms with van der Waals surface area (Å²) in [6.45, 7) is 5.07. The molecule has 0 aliphatic carbocycles. The molecule has 1 N–H and O–H groups in total. The van der Waals surface area contributed by atoms with E-state index in [1.165, 1.54) is 22.7 Å². The first-order chi connectivity index (χ1) is 11.4. The number of carbonyl (C=O) groups excluding carboxylic acids is 3. The molecule has 1 fully saturated rings. The molecule has 0 aromatic carbocycles. The van der Waals surface area contributed by atoms with Crippen LogP contribution in [0.1, 0.15) is 19.8 Å². The number of fused-ring (bicyclic) bond motifs is 1. The molecule has 1 saturated heterocycles. The minimum atomic E-state index is -1.09. The van der Waals surface area contributed by atoms with Gasteiger partial charge in [-0.3, -0.25) is 19.3 Å². The monoisotopic (exact) mass is 355 g/mol. The average Bonchev–Trinajstić information content (AvgIpc) is 2.89. The van der Waals surface area contributed by atoms with Gasteiger partial charge >= 0.3 is 17.9 Å². The second-order valence-corrected chi connectivity index (χ2v) is 6.23. The van der Waals surface area contributed by atoms with Crippen LogP contribution in [0.3, 0.4) is 0 Å². The number of nitrogens with zero attached hydrogens (tertiary/aromatic N) is 1. The molecule has 2 heterocycles. The molecule has 24 heavy (non-hydrogen) atoms. The largest absolute Gasteiger partial charge is 0.481 e. The van der Waals surface area contributed by atoms with E-state index < -0.39 is 29.9 Å². The van der Waals surface area contributed by atoms with Crippen LogP contribution in [0.5, 0.6) is 0 Å². The summed E-state index contributed by atoms with van der Waals surface area (Å²) >= 11 is 1.28. The average molecular weight is 355 g/mol. The number of aliphatic carboxylic acids is 1. The zero-order valence-corrected chi connectivity index (χ0v) is 13.8. The first-order valence-electron chi connectivity index (χ1n) is 7.24. The lowest BCUT2D eigenvalue weighted by atomic mass is 9.92. The molecule has 2 rings (SSSR count). The molecule has 0 spiro atoms. The molecule has 1 unspecified atom stereocenters. The van der Waals surface area contributed by atoms with Crippen LogP contribution in [0.4, 0.5) is 0 Å². The first kappa shape index (κ1) is 18.1. The van der Waals surface area contributed by atoms with Gasteiger partial charge in [0.2, 0.25) is 5.91 Å². The number of hydrogen-bond acceptors (Lipinski definition) is 7. The Hall–Kier alpha value is -2.29. The highest BCUT2D eigenvalue weighted by atomic mass is 32.2. The first-order valence-corrected chi connectivity index (χ1v) is 8.19. The van der Waals surface area contributed by atoms with Gasteiger partial charge in [0.25, 0.3) is 0 Å². The highest BCUT2D eigenvalue weighted by Gasteiger charge is 2.56. The molecule has 0 radical (unpaired) electrons. The molecular formula is C15H17NO7S. The zero-order chi connectivity index (χ0) is 17.9. The summed E-state index contributed by atoms with van der Waals surface area (Å²) in [4.78, 5) is 47.5. The van der Waals surface area contributed by atoms with Crippen LogP contribution in [0.15, 0.2) is 23.8 Å². The maximum absolute atomic E-state index is 12.3. The van der Waals surface area contributed by atoms with Crippen LogP contribution in [0.2, 0.25) is 0 Å². The second-order valence-electron chi connectivity index (χ2n) is 5.24. The van der Waals surface area contributed by atoms with Crippen molar-refractivity contribution >= 4 is 35.6 Å². The summed E-state index contributed by atoms with van der Waals surface area (Å²) in [6, 6.07) is 0. The van der Waals surface area contributed by atoms with Gasteiger partial charge in [-0.1, -0.05) is 12.7 Å². The van der Waals surface area contributed by atoms with Crippen molar-refractivity contribution in [1.82, 2.24) is 4.90 Å². The maximum atomic E-state index is 12.3. The van der Waals surface area contributed by atoms with Crippen LogP contribution in [-0.4, -0.2) is 51.9 Å². The molecule has 1 amide bonds. The highest BCUT2D eigenvalue weighted by Crippen LogP contribution is 2.46. The van der Waals surface area contributed by atoms with E-state index in [2.05, 4.69) is 6.58 Å². The lowest BCUT2D eigenvalue weighted by molar-refractivity contribution is -0.167. The molecule has 3 atom stereocenters. The summed E-state index contributed by atoms with van der Waals surface area (Å²) in [5, 5.41) is 9.76. The standard InChI is InChI=1S/C15H17NO7S/c1-3-6-22-15(21)9-7-24-14-12(13(20)16(9)14)8(2)23-11(19)5-4-10(17)18/h3,7-8,12,14H,1,4-6H2,2H3,(H,17,18)/t8?,12-,14-/m0/s1. The van der Waals surface area contributed by atoms with Gasteiger partial charge in [0.1, 0.15) is 29.7 Å². The molecule has 2 aliphatic heterocycles. The smallest absolute Gasteiger partial charge is 0.355 e. The van der Waals surface area contributed by atoms with Gasteiger partial charge in [0, 0.05) is 5.41 Å². The number of ether oxygens (including phenoxy) is 2. The number of β-lactam (4-membered cyclic amide) rings is 1. The van der Waals surface area contributed by atoms with E-state index in [-0.39, 0.29) is 36.4 Å². The van der Waals surface area contributed by atoms with E-state index in [0.717, 1.165) is 0 Å². The molecule has 9 heteroatoms. The van der Waals surface area contributed by atoms with Crippen LogP contribution < -0.4 is 0 Å². The van der Waals surface area contributed by atoms with E-state index in [4.69, 9.17) is 14.6 Å². The summed E-state index contributed by atoms with van der Waals surface area (Å²) < 4.78 is 10.0.